The Bertz CT molecular complexity index is 841. The first-order chi connectivity index (χ1) is 14.6. The Morgan fingerprint density at radius 1 is 1.27 bits per heavy atom. The lowest BCUT2D eigenvalue weighted by Crippen LogP contribution is -2.41. The fourth-order valence-electron chi connectivity index (χ4n) is 4.45. The van der Waals surface area contributed by atoms with E-state index in [2.05, 4.69) is 32.3 Å². The first-order valence-electron chi connectivity index (χ1n) is 10.6. The second kappa shape index (κ2) is 9.53. The molecule has 7 nitrogen and oxygen atoms in total. The van der Waals surface area contributed by atoms with Gasteiger partial charge < -0.3 is 14.8 Å². The zero-order chi connectivity index (χ0) is 20.9. The van der Waals surface area contributed by atoms with Crippen molar-refractivity contribution in [2.24, 2.45) is 11.8 Å². The van der Waals surface area contributed by atoms with Gasteiger partial charge in [0, 0.05) is 31.4 Å². The van der Waals surface area contributed by atoms with Crippen LogP contribution in [0.1, 0.15) is 29.8 Å². The van der Waals surface area contributed by atoms with Crippen LogP contribution in [0.5, 0.6) is 5.75 Å². The number of carbonyl (C=O) groups excluding carboxylic acids is 1. The number of nitrogens with one attached hydrogen (secondary N) is 1. The molecular formula is C23H30N4O3. The van der Waals surface area contributed by atoms with E-state index in [1.54, 1.807) is 19.5 Å². The van der Waals surface area contributed by atoms with Gasteiger partial charge in [-0.25, -0.2) is 9.97 Å². The van der Waals surface area contributed by atoms with Crippen LogP contribution < -0.4 is 10.1 Å². The third-order valence-corrected chi connectivity index (χ3v) is 6.11. The zero-order valence-corrected chi connectivity index (χ0v) is 17.7. The van der Waals surface area contributed by atoms with E-state index in [9.17, 15) is 4.79 Å². The highest BCUT2D eigenvalue weighted by Crippen LogP contribution is 2.36. The Labute approximate surface area is 177 Å². The molecule has 160 valence electrons. The van der Waals surface area contributed by atoms with Crippen LogP contribution in [0, 0.1) is 18.8 Å². The summed E-state index contributed by atoms with van der Waals surface area (Å²) < 4.78 is 11.3. The fourth-order valence-corrected chi connectivity index (χ4v) is 4.45. The number of benzene rings is 1. The molecule has 0 radical (unpaired) electrons. The molecule has 2 aliphatic heterocycles. The van der Waals surface area contributed by atoms with Crippen molar-refractivity contribution >= 4 is 5.91 Å². The van der Waals surface area contributed by atoms with Crippen molar-refractivity contribution < 1.29 is 14.3 Å². The van der Waals surface area contributed by atoms with Gasteiger partial charge in [-0.2, -0.15) is 0 Å². The Kier molecular flexibility index (Phi) is 6.59. The molecule has 0 spiro atoms. The number of hydrogen-bond donors (Lipinski definition) is 1. The number of methoxy groups -OCH3 is 1. The molecule has 1 aromatic heterocycles. The number of rotatable bonds is 7. The van der Waals surface area contributed by atoms with Crippen molar-refractivity contribution in [2.45, 2.75) is 39.0 Å². The monoisotopic (exact) mass is 410 g/mol. The predicted molar refractivity (Wildman–Crippen MR) is 113 cm³/mol. The highest BCUT2D eigenvalue weighted by atomic mass is 16.5. The van der Waals surface area contributed by atoms with Crippen LogP contribution in [0.15, 0.2) is 36.7 Å². The summed E-state index contributed by atoms with van der Waals surface area (Å²) in [5, 5.41) is 2.93. The number of ether oxygens (including phenoxy) is 2. The van der Waals surface area contributed by atoms with E-state index < -0.39 is 0 Å². The topological polar surface area (TPSA) is 76.6 Å². The number of fused-ring (bicyclic) bond motifs is 1. The lowest BCUT2D eigenvalue weighted by Gasteiger charge is -2.35. The van der Waals surface area contributed by atoms with E-state index >= 15 is 0 Å². The van der Waals surface area contributed by atoms with Gasteiger partial charge in [-0.3, -0.25) is 9.69 Å². The van der Waals surface area contributed by atoms with Gasteiger partial charge in [-0.1, -0.05) is 12.1 Å². The van der Waals surface area contributed by atoms with E-state index in [0.29, 0.717) is 30.6 Å². The third-order valence-electron chi connectivity index (χ3n) is 6.11. The number of likely N-dealkylation sites (tertiary alicyclic amines) is 1. The van der Waals surface area contributed by atoms with Crippen LogP contribution in [0.4, 0.5) is 0 Å². The van der Waals surface area contributed by atoms with Crippen molar-refractivity contribution in [2.75, 3.05) is 26.8 Å². The molecule has 7 heteroatoms. The first-order valence-corrected chi connectivity index (χ1v) is 10.6. The molecule has 30 heavy (non-hydrogen) atoms. The molecule has 0 aliphatic carbocycles. The number of hydrogen-bond acceptors (Lipinski definition) is 6. The highest BCUT2D eigenvalue weighted by Gasteiger charge is 2.41. The molecule has 2 aromatic rings. The van der Waals surface area contributed by atoms with Gasteiger partial charge >= 0.3 is 0 Å². The number of aryl methyl sites for hydroxylation is 1. The largest absolute Gasteiger partial charge is 0.497 e. The van der Waals surface area contributed by atoms with Crippen LogP contribution in [-0.2, 0) is 22.6 Å². The van der Waals surface area contributed by atoms with Crippen molar-refractivity contribution in [3.05, 3.63) is 53.6 Å². The second-order valence-corrected chi connectivity index (χ2v) is 8.33. The van der Waals surface area contributed by atoms with Crippen LogP contribution in [0.3, 0.4) is 0 Å². The molecule has 0 bridgehead atoms. The minimum absolute atomic E-state index is 0.00508. The number of piperidine rings is 1. The summed E-state index contributed by atoms with van der Waals surface area (Å²) in [7, 11) is 1.69. The first kappa shape index (κ1) is 20.8. The normalized spacial score (nSPS) is 23.7. The lowest BCUT2D eigenvalue weighted by atomic mass is 9.83. The van der Waals surface area contributed by atoms with E-state index in [4.69, 9.17) is 9.47 Å². The summed E-state index contributed by atoms with van der Waals surface area (Å²) in [5.74, 6) is 2.47. The lowest BCUT2D eigenvalue weighted by molar-refractivity contribution is -0.124. The second-order valence-electron chi connectivity index (χ2n) is 8.33. The van der Waals surface area contributed by atoms with Crippen LogP contribution >= 0.6 is 0 Å². The molecule has 1 amide bonds. The summed E-state index contributed by atoms with van der Waals surface area (Å²) in [6, 6.07) is 8.27. The minimum Gasteiger partial charge on any atom is -0.497 e. The van der Waals surface area contributed by atoms with Gasteiger partial charge in [0.1, 0.15) is 11.6 Å². The van der Waals surface area contributed by atoms with Gasteiger partial charge in [0.2, 0.25) is 5.91 Å². The van der Waals surface area contributed by atoms with Crippen LogP contribution in [-0.4, -0.2) is 53.7 Å². The van der Waals surface area contributed by atoms with Crippen LogP contribution in [0.25, 0.3) is 0 Å². The summed E-state index contributed by atoms with van der Waals surface area (Å²) in [6.45, 7) is 6.03. The van der Waals surface area contributed by atoms with Gasteiger partial charge in [-0.15, -0.1) is 0 Å². The van der Waals surface area contributed by atoms with Crippen molar-refractivity contribution in [1.29, 1.82) is 0 Å². The van der Waals surface area contributed by atoms with Crippen molar-refractivity contribution in [3.63, 3.8) is 0 Å². The van der Waals surface area contributed by atoms with Gasteiger partial charge in [0.15, 0.2) is 0 Å². The Balaban J connectivity index is 1.23. The predicted octanol–water partition coefficient (Wildman–Crippen LogP) is 2.34. The highest BCUT2D eigenvalue weighted by molar-refractivity contribution is 5.76. The zero-order valence-electron chi connectivity index (χ0n) is 17.7. The average molecular weight is 411 g/mol. The summed E-state index contributed by atoms with van der Waals surface area (Å²) >= 11 is 0. The fraction of sp³-hybridized carbons (Fsp3) is 0.522. The third kappa shape index (κ3) is 5.15. The molecule has 4 rings (SSSR count). The van der Waals surface area contributed by atoms with E-state index in [0.717, 1.165) is 44.0 Å². The maximum atomic E-state index is 12.4. The maximum Gasteiger partial charge on any atom is 0.222 e. The molecule has 2 fully saturated rings. The van der Waals surface area contributed by atoms with E-state index in [1.807, 2.05) is 19.1 Å². The smallest absolute Gasteiger partial charge is 0.222 e. The van der Waals surface area contributed by atoms with Gasteiger partial charge in [-0.05, 0) is 49.1 Å². The Hall–Kier alpha value is -2.51. The van der Waals surface area contributed by atoms with Crippen LogP contribution in [0.2, 0.25) is 0 Å². The molecule has 2 saturated heterocycles. The molecule has 3 atom stereocenters. The quantitative estimate of drug-likeness (QED) is 0.755. The minimum atomic E-state index is 0.00508. The summed E-state index contributed by atoms with van der Waals surface area (Å²) in [5.41, 5.74) is 2.30. The van der Waals surface area contributed by atoms with Gasteiger partial charge in [0.05, 0.1) is 32.8 Å². The molecular weight excluding hydrogens is 380 g/mol. The standard InChI is InChI=1S/C23H30N4O3/c1-16-10-24-22(25-11-16)12-26-23(28)9-21-20-7-8-27(14-18(20)15-30-21)13-17-3-5-19(29-2)6-4-17/h3-6,10-11,18,20-21H,7-9,12-15H2,1-2H3,(H,26,28)/t18-,20-,21+/m1/s1. The number of carbonyl (C=O) groups is 1. The van der Waals surface area contributed by atoms with E-state index in [-0.39, 0.29) is 12.0 Å². The SMILES string of the molecule is COc1ccc(CN2CC[C@@H]3[C@@H](CO[C@H]3CC(=O)NCc3ncc(C)cn3)C2)cc1. The summed E-state index contributed by atoms with van der Waals surface area (Å²) in [6.07, 6.45) is 5.01. The van der Waals surface area contributed by atoms with E-state index in [1.165, 1.54) is 5.56 Å². The Morgan fingerprint density at radius 3 is 2.77 bits per heavy atom. The maximum absolute atomic E-state index is 12.4. The molecule has 0 saturated carbocycles. The number of nitrogens with zero attached hydrogens (tertiary/aromatic N) is 3. The average Bonchev–Trinajstić information content (AvgIpc) is 3.16. The van der Waals surface area contributed by atoms with Crippen molar-refractivity contribution in [3.8, 4) is 5.75 Å². The van der Waals surface area contributed by atoms with Crippen molar-refractivity contribution in [1.82, 2.24) is 20.2 Å². The molecule has 1 aromatic carbocycles. The number of aromatic nitrogens is 2. The molecule has 3 heterocycles. The molecule has 0 unspecified atom stereocenters. The van der Waals surface area contributed by atoms with Gasteiger partial charge in [0.25, 0.3) is 0 Å². The number of amides is 1. The molecule has 1 N–H and O–H groups in total. The summed E-state index contributed by atoms with van der Waals surface area (Å²) in [4.78, 5) is 23.4. The molecule has 2 aliphatic rings. The Morgan fingerprint density at radius 2 is 2.03 bits per heavy atom.